The van der Waals surface area contributed by atoms with Crippen molar-refractivity contribution >= 4 is 11.8 Å². The number of hydrogen-bond donors (Lipinski definition) is 2. The first-order valence-corrected chi connectivity index (χ1v) is 8.89. The number of likely N-dealkylation sites (N-methyl/N-ethyl adjacent to an activating group) is 1. The monoisotopic (exact) mass is 394 g/mol. The summed E-state index contributed by atoms with van der Waals surface area (Å²) in [5, 5.41) is 20.9. The number of nitrogens with zero attached hydrogens (tertiary/aromatic N) is 3. The van der Waals surface area contributed by atoms with Crippen molar-refractivity contribution in [3.8, 4) is 11.3 Å². The molecule has 2 aromatic rings. The number of alkyl halides is 3. The Morgan fingerprint density at radius 1 is 1.29 bits per heavy atom. The number of carboxylic acid groups (broad SMARTS) is 1. The number of benzene rings is 1. The Hall–Kier alpha value is -2.68. The van der Waals surface area contributed by atoms with Crippen LogP contribution >= 0.6 is 0 Å². The molecule has 0 aliphatic carbocycles. The normalized spacial score (nSPS) is 18.1. The van der Waals surface area contributed by atoms with E-state index in [1.54, 1.807) is 13.0 Å². The third-order valence-electron chi connectivity index (χ3n) is 4.79. The molecule has 28 heavy (non-hydrogen) atoms. The highest BCUT2D eigenvalue weighted by Gasteiger charge is 2.32. The molecular weight excluding hydrogens is 373 g/mol. The number of halogens is 3. The highest BCUT2D eigenvalue weighted by Crippen LogP contribution is 2.34. The van der Waals surface area contributed by atoms with Crippen LogP contribution < -0.4 is 5.32 Å². The van der Waals surface area contributed by atoms with E-state index in [-0.39, 0.29) is 17.3 Å². The second-order valence-electron chi connectivity index (χ2n) is 7.07. The molecule has 1 atom stereocenters. The van der Waals surface area contributed by atoms with Crippen LogP contribution in [0.2, 0.25) is 0 Å². The summed E-state index contributed by atoms with van der Waals surface area (Å²) < 4.78 is 38.7. The second-order valence-corrected chi connectivity index (χ2v) is 7.07. The topological polar surface area (TPSA) is 78.3 Å². The molecule has 6 nitrogen and oxygen atoms in total. The fraction of sp³-hybridized carbons (Fsp3) is 0.421. The van der Waals surface area contributed by atoms with Crippen LogP contribution in [-0.2, 0) is 6.18 Å². The number of aryl methyl sites for hydroxylation is 1. The summed E-state index contributed by atoms with van der Waals surface area (Å²) >= 11 is 0. The lowest BCUT2D eigenvalue weighted by molar-refractivity contribution is -0.137. The van der Waals surface area contributed by atoms with E-state index in [1.165, 1.54) is 0 Å². The maximum atomic E-state index is 12.9. The number of anilines is 1. The van der Waals surface area contributed by atoms with Gasteiger partial charge in [-0.15, -0.1) is 10.2 Å². The van der Waals surface area contributed by atoms with E-state index < -0.39 is 23.3 Å². The SMILES string of the molecule is Cc1cc(N[C@@H]2CCCN(C)C2)nnc1-c1ccc(C(F)(F)F)cc1C(=O)O. The molecule has 0 saturated carbocycles. The second kappa shape index (κ2) is 7.75. The van der Waals surface area contributed by atoms with Crippen LogP contribution in [0.4, 0.5) is 19.0 Å². The number of aromatic nitrogens is 2. The van der Waals surface area contributed by atoms with Crippen molar-refractivity contribution in [2.45, 2.75) is 32.0 Å². The minimum absolute atomic E-state index is 0.106. The number of carbonyl (C=O) groups is 1. The summed E-state index contributed by atoms with van der Waals surface area (Å²) in [5.74, 6) is -0.889. The summed E-state index contributed by atoms with van der Waals surface area (Å²) in [6.07, 6.45) is -2.54. The fourth-order valence-corrected chi connectivity index (χ4v) is 3.42. The predicted molar refractivity (Wildman–Crippen MR) is 98.3 cm³/mol. The Labute approximate surface area is 160 Å². The van der Waals surface area contributed by atoms with Gasteiger partial charge in [-0.2, -0.15) is 13.2 Å². The molecule has 0 bridgehead atoms. The van der Waals surface area contributed by atoms with Gasteiger partial charge in [-0.1, -0.05) is 6.07 Å². The van der Waals surface area contributed by atoms with E-state index in [0.717, 1.165) is 38.1 Å². The van der Waals surface area contributed by atoms with Crippen molar-refractivity contribution < 1.29 is 23.1 Å². The van der Waals surface area contributed by atoms with Crippen LogP contribution in [0, 0.1) is 6.92 Å². The summed E-state index contributed by atoms with van der Waals surface area (Å²) in [5.41, 5.74) is -0.489. The van der Waals surface area contributed by atoms with Crippen LogP contribution in [0.3, 0.4) is 0 Å². The maximum Gasteiger partial charge on any atom is 0.416 e. The molecule has 2 heterocycles. The summed E-state index contributed by atoms with van der Waals surface area (Å²) in [6, 6.07) is 4.58. The average molecular weight is 394 g/mol. The van der Waals surface area contributed by atoms with Crippen LogP contribution in [0.5, 0.6) is 0 Å². The first-order valence-electron chi connectivity index (χ1n) is 8.89. The van der Waals surface area contributed by atoms with Gasteiger partial charge < -0.3 is 15.3 Å². The van der Waals surface area contributed by atoms with Gasteiger partial charge in [0.15, 0.2) is 0 Å². The average Bonchev–Trinajstić information content (AvgIpc) is 2.60. The Kier molecular flexibility index (Phi) is 5.55. The largest absolute Gasteiger partial charge is 0.478 e. The van der Waals surface area contributed by atoms with Crippen LogP contribution in [0.1, 0.15) is 34.3 Å². The molecule has 1 aliphatic heterocycles. The van der Waals surface area contributed by atoms with E-state index in [0.29, 0.717) is 17.4 Å². The summed E-state index contributed by atoms with van der Waals surface area (Å²) in [6.45, 7) is 3.66. The molecule has 0 amide bonds. The molecule has 1 aliphatic rings. The Morgan fingerprint density at radius 2 is 2.04 bits per heavy atom. The first kappa shape index (κ1) is 20.1. The number of nitrogens with one attached hydrogen (secondary N) is 1. The van der Waals surface area contributed by atoms with E-state index in [9.17, 15) is 23.1 Å². The Balaban J connectivity index is 1.90. The molecular formula is C19H21F3N4O2. The lowest BCUT2D eigenvalue weighted by atomic mass is 9.98. The van der Waals surface area contributed by atoms with E-state index in [2.05, 4.69) is 20.4 Å². The number of rotatable bonds is 4. The van der Waals surface area contributed by atoms with Crippen molar-refractivity contribution in [3.63, 3.8) is 0 Å². The quantitative estimate of drug-likeness (QED) is 0.824. The van der Waals surface area contributed by atoms with Crippen LogP contribution in [0.25, 0.3) is 11.3 Å². The molecule has 1 aromatic heterocycles. The zero-order valence-electron chi connectivity index (χ0n) is 15.5. The van der Waals surface area contributed by atoms with E-state index in [1.807, 2.05) is 7.05 Å². The number of piperidine rings is 1. The standard InChI is InChI=1S/C19H21F3N4O2/c1-11-8-16(23-13-4-3-7-26(2)10-13)24-25-17(11)14-6-5-12(19(20,21)22)9-15(14)18(27)28/h5-6,8-9,13H,3-4,7,10H2,1-2H3,(H,23,24)(H,27,28)/t13-/m1/s1. The third-order valence-corrected chi connectivity index (χ3v) is 4.79. The van der Waals surface area contributed by atoms with Gasteiger partial charge in [0.25, 0.3) is 0 Å². The van der Waals surface area contributed by atoms with Gasteiger partial charge in [0, 0.05) is 18.2 Å². The third kappa shape index (κ3) is 4.41. The molecule has 0 unspecified atom stereocenters. The highest BCUT2D eigenvalue weighted by atomic mass is 19.4. The number of hydrogen-bond acceptors (Lipinski definition) is 5. The van der Waals surface area contributed by atoms with Gasteiger partial charge in [0.1, 0.15) is 5.82 Å². The van der Waals surface area contributed by atoms with Gasteiger partial charge >= 0.3 is 12.1 Å². The first-order chi connectivity index (χ1) is 13.1. The zero-order valence-corrected chi connectivity index (χ0v) is 15.5. The van der Waals surface area contributed by atoms with E-state index >= 15 is 0 Å². The van der Waals surface area contributed by atoms with E-state index in [4.69, 9.17) is 0 Å². The molecule has 1 aromatic carbocycles. The minimum atomic E-state index is -4.62. The van der Waals surface area contributed by atoms with Crippen LogP contribution in [-0.4, -0.2) is 52.4 Å². The van der Waals surface area contributed by atoms with Crippen molar-refractivity contribution in [1.82, 2.24) is 15.1 Å². The molecule has 150 valence electrons. The summed E-state index contributed by atoms with van der Waals surface area (Å²) in [7, 11) is 2.05. The molecule has 0 radical (unpaired) electrons. The maximum absolute atomic E-state index is 12.9. The van der Waals surface area contributed by atoms with Crippen molar-refractivity contribution in [3.05, 3.63) is 41.0 Å². The van der Waals surface area contributed by atoms with Gasteiger partial charge in [0.2, 0.25) is 0 Å². The Bertz CT molecular complexity index is 886. The molecule has 1 fully saturated rings. The molecule has 9 heteroatoms. The fourth-order valence-electron chi connectivity index (χ4n) is 3.42. The lowest BCUT2D eigenvalue weighted by Gasteiger charge is -2.30. The summed E-state index contributed by atoms with van der Waals surface area (Å²) in [4.78, 5) is 13.7. The number of carboxylic acids is 1. The zero-order chi connectivity index (χ0) is 20.5. The lowest BCUT2D eigenvalue weighted by Crippen LogP contribution is -2.39. The van der Waals surface area contributed by atoms with Gasteiger partial charge in [-0.05, 0) is 57.1 Å². The van der Waals surface area contributed by atoms with Gasteiger partial charge in [0.05, 0.1) is 16.8 Å². The Morgan fingerprint density at radius 3 is 2.64 bits per heavy atom. The minimum Gasteiger partial charge on any atom is -0.478 e. The van der Waals surface area contributed by atoms with Crippen molar-refractivity contribution in [2.75, 3.05) is 25.5 Å². The number of aromatic carboxylic acids is 1. The molecule has 3 rings (SSSR count). The van der Waals surface area contributed by atoms with Gasteiger partial charge in [-0.3, -0.25) is 0 Å². The van der Waals surface area contributed by atoms with Crippen LogP contribution in [0.15, 0.2) is 24.3 Å². The highest BCUT2D eigenvalue weighted by molar-refractivity contribution is 5.96. The molecule has 2 N–H and O–H groups in total. The van der Waals surface area contributed by atoms with Gasteiger partial charge in [-0.25, -0.2) is 4.79 Å². The van der Waals surface area contributed by atoms with Crippen molar-refractivity contribution in [1.29, 1.82) is 0 Å². The van der Waals surface area contributed by atoms with Crippen molar-refractivity contribution in [2.24, 2.45) is 0 Å². The molecule has 0 spiro atoms. The number of likely N-dealkylation sites (tertiary alicyclic amines) is 1. The predicted octanol–water partition coefficient (Wildman–Crippen LogP) is 3.68. The molecule has 1 saturated heterocycles. The smallest absolute Gasteiger partial charge is 0.416 e.